The van der Waals surface area contributed by atoms with Gasteiger partial charge >= 0.3 is 0 Å². The number of para-hydroxylation sites is 1. The van der Waals surface area contributed by atoms with Crippen LogP contribution >= 0.6 is 0 Å². The van der Waals surface area contributed by atoms with E-state index >= 15 is 0 Å². The van der Waals surface area contributed by atoms with Gasteiger partial charge in [-0.3, -0.25) is 0 Å². The summed E-state index contributed by atoms with van der Waals surface area (Å²) in [6, 6.07) is 16.2. The van der Waals surface area contributed by atoms with E-state index in [1.807, 2.05) is 24.3 Å². The van der Waals surface area contributed by atoms with Gasteiger partial charge in [0.05, 0.1) is 0 Å². The fourth-order valence-electron chi connectivity index (χ4n) is 2.30. The number of benzene rings is 2. The van der Waals surface area contributed by atoms with E-state index < -0.39 is 0 Å². The molecule has 4 nitrogen and oxygen atoms in total. The second-order valence-electron chi connectivity index (χ2n) is 4.90. The van der Waals surface area contributed by atoms with Crippen LogP contribution in [0.5, 0.6) is 17.2 Å². The van der Waals surface area contributed by atoms with Crippen LogP contribution in [0.25, 0.3) is 0 Å². The predicted molar refractivity (Wildman–Crippen MR) is 79.9 cm³/mol. The van der Waals surface area contributed by atoms with Gasteiger partial charge in [0.1, 0.15) is 32.9 Å². The lowest BCUT2D eigenvalue weighted by Crippen LogP contribution is -3.00. The standard InChI is InChI=1S/C17H19NO3.ClH/c1-2-5-14(6-3-1)13-18-9-10-19-15-7-4-8-16-17(15)21-12-11-20-16;/h1-8,18H,9-13H2;1H. The average Bonchev–Trinajstić information content (AvgIpc) is 2.56. The Morgan fingerprint density at radius 1 is 0.955 bits per heavy atom. The van der Waals surface area contributed by atoms with Crippen molar-refractivity contribution in [2.45, 2.75) is 6.54 Å². The lowest BCUT2D eigenvalue weighted by Gasteiger charge is -2.20. The lowest BCUT2D eigenvalue weighted by atomic mass is 10.2. The molecule has 0 radical (unpaired) electrons. The minimum absolute atomic E-state index is 0. The molecular formula is C17H20ClNO3. The van der Waals surface area contributed by atoms with Crippen molar-refractivity contribution in [1.29, 1.82) is 0 Å². The zero-order valence-electron chi connectivity index (χ0n) is 12.3. The first-order chi connectivity index (χ1) is 10.4. The third-order valence-electron chi connectivity index (χ3n) is 3.33. The van der Waals surface area contributed by atoms with Crippen LogP contribution in [0.15, 0.2) is 48.5 Å². The molecule has 0 bridgehead atoms. The molecule has 118 valence electrons. The molecule has 3 rings (SSSR count). The molecular weight excluding hydrogens is 302 g/mol. The smallest absolute Gasteiger partial charge is 0.203 e. The number of fused-ring (bicyclic) bond motifs is 1. The van der Waals surface area contributed by atoms with Gasteiger partial charge in [-0.05, 0) is 12.1 Å². The Labute approximate surface area is 136 Å². The molecule has 22 heavy (non-hydrogen) atoms. The fraction of sp³-hybridized carbons (Fsp3) is 0.294. The van der Waals surface area contributed by atoms with Crippen molar-refractivity contribution >= 4 is 0 Å². The van der Waals surface area contributed by atoms with Crippen molar-refractivity contribution in [1.82, 2.24) is 0 Å². The van der Waals surface area contributed by atoms with Crippen LogP contribution in [0.2, 0.25) is 0 Å². The van der Waals surface area contributed by atoms with Gasteiger partial charge in [-0.2, -0.15) is 0 Å². The van der Waals surface area contributed by atoms with Gasteiger partial charge in [-0.1, -0.05) is 36.4 Å². The molecule has 1 aliphatic rings. The third-order valence-corrected chi connectivity index (χ3v) is 3.33. The summed E-state index contributed by atoms with van der Waals surface area (Å²) >= 11 is 0. The van der Waals surface area contributed by atoms with Gasteiger partial charge in [-0.15, -0.1) is 0 Å². The number of quaternary nitrogens is 1. The molecule has 0 aliphatic carbocycles. The Kier molecular flexibility index (Phi) is 6.37. The van der Waals surface area contributed by atoms with Crippen LogP contribution in [0.4, 0.5) is 0 Å². The Morgan fingerprint density at radius 2 is 1.77 bits per heavy atom. The molecule has 5 heteroatoms. The summed E-state index contributed by atoms with van der Waals surface area (Å²) in [6.07, 6.45) is 0. The first-order valence-electron chi connectivity index (χ1n) is 7.30. The lowest BCUT2D eigenvalue weighted by molar-refractivity contribution is -0.671. The van der Waals surface area contributed by atoms with Gasteiger partial charge < -0.3 is 31.9 Å². The highest BCUT2D eigenvalue weighted by molar-refractivity contribution is 5.51. The first-order valence-corrected chi connectivity index (χ1v) is 7.30. The molecule has 0 spiro atoms. The van der Waals surface area contributed by atoms with Gasteiger partial charge in [-0.25, -0.2) is 0 Å². The third kappa shape index (κ3) is 4.29. The van der Waals surface area contributed by atoms with Crippen LogP contribution < -0.4 is 31.9 Å². The number of halogens is 1. The largest absolute Gasteiger partial charge is 1.00 e. The van der Waals surface area contributed by atoms with Crippen LogP contribution in [0.3, 0.4) is 0 Å². The Hall–Kier alpha value is -1.91. The molecule has 0 amide bonds. The molecule has 0 unspecified atom stereocenters. The quantitative estimate of drug-likeness (QED) is 0.666. The molecule has 2 aromatic rings. The maximum Gasteiger partial charge on any atom is 0.203 e. The normalized spacial score (nSPS) is 12.4. The molecule has 1 heterocycles. The van der Waals surface area contributed by atoms with Crippen molar-refractivity contribution < 1.29 is 31.9 Å². The Balaban J connectivity index is 0.00000176. The van der Waals surface area contributed by atoms with Crippen molar-refractivity contribution in [3.8, 4) is 17.2 Å². The minimum Gasteiger partial charge on any atom is -1.00 e. The van der Waals surface area contributed by atoms with Crippen molar-refractivity contribution in [2.24, 2.45) is 0 Å². The van der Waals surface area contributed by atoms with E-state index in [-0.39, 0.29) is 12.4 Å². The molecule has 0 aromatic heterocycles. The summed E-state index contributed by atoms with van der Waals surface area (Å²) in [7, 11) is 0. The number of ether oxygens (including phenoxy) is 3. The highest BCUT2D eigenvalue weighted by Crippen LogP contribution is 2.38. The summed E-state index contributed by atoms with van der Waals surface area (Å²) in [5, 5.41) is 2.24. The molecule has 2 N–H and O–H groups in total. The van der Waals surface area contributed by atoms with Gasteiger partial charge in [0.2, 0.25) is 5.75 Å². The molecule has 1 aliphatic heterocycles. The van der Waals surface area contributed by atoms with Gasteiger partial charge in [0.15, 0.2) is 11.5 Å². The maximum atomic E-state index is 5.81. The zero-order valence-corrected chi connectivity index (χ0v) is 13.1. The van der Waals surface area contributed by atoms with Crippen molar-refractivity contribution in [3.63, 3.8) is 0 Å². The summed E-state index contributed by atoms with van der Waals surface area (Å²) in [6.45, 7) is 3.69. The van der Waals surface area contributed by atoms with Crippen LogP contribution in [0, 0.1) is 0 Å². The number of hydrogen-bond donors (Lipinski definition) is 1. The Morgan fingerprint density at radius 3 is 2.64 bits per heavy atom. The highest BCUT2D eigenvalue weighted by atomic mass is 35.5. The zero-order chi connectivity index (χ0) is 14.3. The highest BCUT2D eigenvalue weighted by Gasteiger charge is 2.16. The molecule has 0 atom stereocenters. The summed E-state index contributed by atoms with van der Waals surface area (Å²) in [4.78, 5) is 0. The average molecular weight is 322 g/mol. The van der Waals surface area contributed by atoms with E-state index in [4.69, 9.17) is 14.2 Å². The molecule has 2 aromatic carbocycles. The second kappa shape index (κ2) is 8.51. The number of hydrogen-bond acceptors (Lipinski definition) is 3. The van der Waals surface area contributed by atoms with Crippen LogP contribution in [-0.2, 0) is 6.54 Å². The van der Waals surface area contributed by atoms with E-state index in [1.165, 1.54) is 5.56 Å². The van der Waals surface area contributed by atoms with E-state index in [1.54, 1.807) is 0 Å². The van der Waals surface area contributed by atoms with E-state index in [2.05, 4.69) is 29.6 Å². The fourth-order valence-corrected chi connectivity index (χ4v) is 2.30. The molecule has 0 saturated carbocycles. The monoisotopic (exact) mass is 321 g/mol. The van der Waals surface area contributed by atoms with E-state index in [9.17, 15) is 0 Å². The molecule has 0 fully saturated rings. The first kappa shape index (κ1) is 16.5. The summed E-state index contributed by atoms with van der Waals surface area (Å²) in [5.41, 5.74) is 1.33. The number of nitrogens with two attached hydrogens (primary N) is 1. The van der Waals surface area contributed by atoms with Gasteiger partial charge in [0, 0.05) is 5.56 Å². The van der Waals surface area contributed by atoms with E-state index in [0.29, 0.717) is 19.8 Å². The summed E-state index contributed by atoms with van der Waals surface area (Å²) < 4.78 is 17.0. The summed E-state index contributed by atoms with van der Waals surface area (Å²) in [5.74, 6) is 2.26. The SMILES string of the molecule is [Cl-].c1ccc(C[NH2+]CCOc2cccc3c2OCCO3)cc1. The number of rotatable bonds is 6. The second-order valence-corrected chi connectivity index (χ2v) is 4.90. The topological polar surface area (TPSA) is 44.3 Å². The predicted octanol–water partition coefficient (Wildman–Crippen LogP) is -1.40. The van der Waals surface area contributed by atoms with Crippen LogP contribution in [-0.4, -0.2) is 26.4 Å². The van der Waals surface area contributed by atoms with Crippen molar-refractivity contribution in [2.75, 3.05) is 26.4 Å². The van der Waals surface area contributed by atoms with Crippen LogP contribution in [0.1, 0.15) is 5.56 Å². The van der Waals surface area contributed by atoms with E-state index in [0.717, 1.165) is 30.3 Å². The minimum atomic E-state index is 0. The maximum absolute atomic E-state index is 5.81. The van der Waals surface area contributed by atoms with Crippen molar-refractivity contribution in [3.05, 3.63) is 54.1 Å². The molecule has 0 saturated heterocycles. The Bertz CT molecular complexity index is 577. The van der Waals surface area contributed by atoms with Gasteiger partial charge in [0.25, 0.3) is 0 Å².